The minimum Gasteiger partial charge on any atom is -0.497 e. The lowest BCUT2D eigenvalue weighted by atomic mass is 9.92. The van der Waals surface area contributed by atoms with Crippen LogP contribution in [-0.2, 0) is 15.1 Å². The normalized spacial score (nSPS) is 18.8. The molecular weight excluding hydrogens is 376 g/mol. The van der Waals surface area contributed by atoms with E-state index in [1.54, 1.807) is 60.0 Å². The number of aromatic nitrogens is 3. The van der Waals surface area contributed by atoms with Crippen molar-refractivity contribution in [1.29, 1.82) is 0 Å². The molecule has 4 amide bonds. The third kappa shape index (κ3) is 3.14. The lowest BCUT2D eigenvalue weighted by Crippen LogP contribution is -2.42. The van der Waals surface area contributed by atoms with Crippen LogP contribution in [0.4, 0.5) is 10.7 Å². The van der Waals surface area contributed by atoms with E-state index in [2.05, 4.69) is 20.8 Å². The van der Waals surface area contributed by atoms with Gasteiger partial charge in [-0.1, -0.05) is 18.2 Å². The number of amides is 4. The number of fused-ring (bicyclic) bond motifs is 1. The Morgan fingerprint density at radius 1 is 1.17 bits per heavy atom. The van der Waals surface area contributed by atoms with Crippen LogP contribution in [0, 0.1) is 0 Å². The Morgan fingerprint density at radius 2 is 1.93 bits per heavy atom. The van der Waals surface area contributed by atoms with E-state index in [0.717, 1.165) is 4.90 Å². The Hall–Kier alpha value is -3.95. The SMILES string of the molecule is COc1ccc(C2(C)NC(=O)N(CC(=O)Nc3nnc4ccccn34)C2=O)cc1. The van der Waals surface area contributed by atoms with Gasteiger partial charge in [0.2, 0.25) is 11.9 Å². The van der Waals surface area contributed by atoms with Crippen molar-refractivity contribution in [3.05, 3.63) is 54.2 Å². The molecule has 0 spiro atoms. The number of hydrogen-bond acceptors (Lipinski definition) is 6. The number of rotatable bonds is 5. The lowest BCUT2D eigenvalue weighted by molar-refractivity contribution is -0.133. The molecule has 2 N–H and O–H groups in total. The summed E-state index contributed by atoms with van der Waals surface area (Å²) in [6, 6.07) is 11.4. The molecule has 0 aliphatic carbocycles. The van der Waals surface area contributed by atoms with E-state index in [4.69, 9.17) is 4.74 Å². The number of ether oxygens (including phenoxy) is 1. The van der Waals surface area contributed by atoms with E-state index in [1.807, 2.05) is 0 Å². The molecule has 0 bridgehead atoms. The molecule has 29 heavy (non-hydrogen) atoms. The first kappa shape index (κ1) is 18.4. The number of benzene rings is 1. The monoisotopic (exact) mass is 394 g/mol. The molecule has 3 aromatic rings. The number of imide groups is 1. The van der Waals surface area contributed by atoms with Crippen LogP contribution >= 0.6 is 0 Å². The predicted molar refractivity (Wildman–Crippen MR) is 102 cm³/mol. The highest BCUT2D eigenvalue weighted by atomic mass is 16.5. The maximum absolute atomic E-state index is 12.9. The number of nitrogens with zero attached hydrogens (tertiary/aromatic N) is 4. The fourth-order valence-corrected chi connectivity index (χ4v) is 3.20. The number of carbonyl (C=O) groups is 3. The highest BCUT2D eigenvalue weighted by Gasteiger charge is 2.49. The molecule has 1 aliphatic heterocycles. The minimum absolute atomic E-state index is 0.204. The molecule has 1 saturated heterocycles. The first-order valence-electron chi connectivity index (χ1n) is 8.80. The van der Waals surface area contributed by atoms with Crippen LogP contribution in [0.1, 0.15) is 12.5 Å². The Morgan fingerprint density at radius 3 is 2.66 bits per heavy atom. The average molecular weight is 394 g/mol. The van der Waals surface area contributed by atoms with Crippen LogP contribution in [0.15, 0.2) is 48.7 Å². The van der Waals surface area contributed by atoms with Crippen LogP contribution in [0.3, 0.4) is 0 Å². The molecule has 0 saturated carbocycles. The molecular formula is C19H18N6O4. The lowest BCUT2D eigenvalue weighted by Gasteiger charge is -2.22. The zero-order chi connectivity index (χ0) is 20.6. The summed E-state index contributed by atoms with van der Waals surface area (Å²) in [4.78, 5) is 38.7. The summed E-state index contributed by atoms with van der Waals surface area (Å²) in [5.41, 5.74) is -0.126. The second-order valence-electron chi connectivity index (χ2n) is 6.68. The third-order valence-electron chi connectivity index (χ3n) is 4.81. The van der Waals surface area contributed by atoms with Crippen molar-refractivity contribution in [3.8, 4) is 5.75 Å². The van der Waals surface area contributed by atoms with Gasteiger partial charge in [0, 0.05) is 6.20 Å². The van der Waals surface area contributed by atoms with Gasteiger partial charge in [-0.05, 0) is 36.8 Å². The Bertz CT molecular complexity index is 1110. The van der Waals surface area contributed by atoms with Gasteiger partial charge in [-0.25, -0.2) is 4.79 Å². The van der Waals surface area contributed by atoms with Crippen LogP contribution in [0.25, 0.3) is 5.65 Å². The topological polar surface area (TPSA) is 118 Å². The predicted octanol–water partition coefficient (Wildman–Crippen LogP) is 1.14. The number of nitrogens with one attached hydrogen (secondary N) is 2. The van der Waals surface area contributed by atoms with Crippen LogP contribution in [-0.4, -0.2) is 51.0 Å². The Kier molecular flexibility index (Phi) is 4.38. The summed E-state index contributed by atoms with van der Waals surface area (Å²) in [6.07, 6.45) is 1.69. The molecule has 1 aliphatic rings. The molecule has 10 nitrogen and oxygen atoms in total. The van der Waals surface area contributed by atoms with E-state index in [-0.39, 0.29) is 5.95 Å². The zero-order valence-corrected chi connectivity index (χ0v) is 15.7. The second kappa shape index (κ2) is 6.89. The highest BCUT2D eigenvalue weighted by Crippen LogP contribution is 2.30. The molecule has 4 rings (SSSR count). The summed E-state index contributed by atoms with van der Waals surface area (Å²) in [5.74, 6) is -0.249. The standard InChI is InChI=1S/C19H18N6O4/c1-19(12-6-8-13(29-2)9-7-12)16(27)25(18(28)21-19)11-15(26)20-17-23-22-14-5-3-4-10-24(14)17/h3-10H,11H2,1-2H3,(H,21,28)(H,20,23,26). The Balaban J connectivity index is 1.50. The fourth-order valence-electron chi connectivity index (χ4n) is 3.20. The smallest absolute Gasteiger partial charge is 0.325 e. The van der Waals surface area contributed by atoms with Gasteiger partial charge in [-0.2, -0.15) is 0 Å². The largest absolute Gasteiger partial charge is 0.497 e. The average Bonchev–Trinajstić information content (AvgIpc) is 3.23. The molecule has 1 aromatic carbocycles. The van der Waals surface area contributed by atoms with E-state index in [0.29, 0.717) is 17.0 Å². The first-order chi connectivity index (χ1) is 13.9. The Labute approximate surface area is 165 Å². The quantitative estimate of drug-likeness (QED) is 0.627. The molecule has 1 unspecified atom stereocenters. The van der Waals surface area contributed by atoms with Crippen molar-refractivity contribution in [2.24, 2.45) is 0 Å². The van der Waals surface area contributed by atoms with Gasteiger partial charge in [0.15, 0.2) is 5.65 Å². The van der Waals surface area contributed by atoms with Gasteiger partial charge in [0.05, 0.1) is 7.11 Å². The van der Waals surface area contributed by atoms with Gasteiger partial charge >= 0.3 is 6.03 Å². The number of hydrogen-bond donors (Lipinski definition) is 2. The molecule has 1 fully saturated rings. The van der Waals surface area contributed by atoms with E-state index >= 15 is 0 Å². The van der Waals surface area contributed by atoms with E-state index < -0.39 is 29.9 Å². The number of anilines is 1. The molecule has 2 aromatic heterocycles. The maximum atomic E-state index is 12.9. The number of pyridine rings is 1. The second-order valence-corrected chi connectivity index (χ2v) is 6.68. The molecule has 0 radical (unpaired) electrons. The van der Waals surface area contributed by atoms with E-state index in [9.17, 15) is 14.4 Å². The van der Waals surface area contributed by atoms with E-state index in [1.165, 1.54) is 7.11 Å². The van der Waals surface area contributed by atoms with Crippen LogP contribution in [0.2, 0.25) is 0 Å². The van der Waals surface area contributed by atoms with Gasteiger partial charge in [-0.15, -0.1) is 10.2 Å². The molecule has 148 valence electrons. The van der Waals surface area contributed by atoms with Gasteiger partial charge < -0.3 is 10.1 Å². The number of carbonyl (C=O) groups excluding carboxylic acids is 3. The van der Waals surface area contributed by atoms with Crippen molar-refractivity contribution < 1.29 is 19.1 Å². The summed E-state index contributed by atoms with van der Waals surface area (Å²) in [6.45, 7) is 1.15. The van der Waals surface area contributed by atoms with Gasteiger partial charge in [0.1, 0.15) is 17.8 Å². The summed E-state index contributed by atoms with van der Waals surface area (Å²) in [7, 11) is 1.54. The summed E-state index contributed by atoms with van der Waals surface area (Å²) in [5, 5.41) is 13.1. The number of methoxy groups -OCH3 is 1. The summed E-state index contributed by atoms with van der Waals surface area (Å²) < 4.78 is 6.71. The molecule has 10 heteroatoms. The third-order valence-corrected chi connectivity index (χ3v) is 4.81. The van der Waals surface area contributed by atoms with Crippen molar-refractivity contribution >= 4 is 29.4 Å². The van der Waals surface area contributed by atoms with Crippen molar-refractivity contribution in [2.75, 3.05) is 19.0 Å². The van der Waals surface area contributed by atoms with Crippen LogP contribution < -0.4 is 15.4 Å². The fraction of sp³-hybridized carbons (Fsp3) is 0.211. The first-order valence-corrected chi connectivity index (χ1v) is 8.80. The van der Waals surface area contributed by atoms with Crippen molar-refractivity contribution in [3.63, 3.8) is 0 Å². The van der Waals surface area contributed by atoms with Crippen molar-refractivity contribution in [2.45, 2.75) is 12.5 Å². The highest BCUT2D eigenvalue weighted by molar-refractivity contribution is 6.10. The van der Waals surface area contributed by atoms with Gasteiger partial charge in [0.25, 0.3) is 5.91 Å². The van der Waals surface area contributed by atoms with Gasteiger partial charge in [-0.3, -0.25) is 24.2 Å². The molecule has 1 atom stereocenters. The minimum atomic E-state index is -1.27. The summed E-state index contributed by atoms with van der Waals surface area (Å²) >= 11 is 0. The van der Waals surface area contributed by atoms with Crippen molar-refractivity contribution in [1.82, 2.24) is 24.8 Å². The van der Waals surface area contributed by atoms with Crippen LogP contribution in [0.5, 0.6) is 5.75 Å². The zero-order valence-electron chi connectivity index (χ0n) is 15.7. The maximum Gasteiger partial charge on any atom is 0.325 e. The molecule has 3 heterocycles. The number of urea groups is 1.